The summed E-state index contributed by atoms with van der Waals surface area (Å²) in [5.41, 5.74) is -0.949. The van der Waals surface area contributed by atoms with Gasteiger partial charge < -0.3 is 5.32 Å². The molecule has 0 aliphatic heterocycles. The van der Waals surface area contributed by atoms with Gasteiger partial charge in [0.05, 0.1) is 22.8 Å². The number of halogens is 4. The highest BCUT2D eigenvalue weighted by Crippen LogP contribution is 2.30. The fourth-order valence-electron chi connectivity index (χ4n) is 2.37. The molecular formula is C17H11ClF3N3O2. The molecule has 0 saturated heterocycles. The van der Waals surface area contributed by atoms with Crippen molar-refractivity contribution in [3.05, 3.63) is 69.7 Å². The fraction of sp³-hybridized carbons (Fsp3) is 0.118. The number of carbonyl (C=O) groups excluding carboxylic acids is 1. The van der Waals surface area contributed by atoms with Gasteiger partial charge in [0, 0.05) is 10.7 Å². The Morgan fingerprint density at radius 3 is 2.69 bits per heavy atom. The zero-order chi connectivity index (χ0) is 18.9. The van der Waals surface area contributed by atoms with Crippen LogP contribution in [0.3, 0.4) is 0 Å². The smallest absolute Gasteiger partial charge is 0.325 e. The summed E-state index contributed by atoms with van der Waals surface area (Å²) in [5.74, 6) is -0.658. The van der Waals surface area contributed by atoms with Gasteiger partial charge in [-0.25, -0.2) is 4.98 Å². The largest absolute Gasteiger partial charge is 0.416 e. The molecule has 0 aliphatic carbocycles. The van der Waals surface area contributed by atoms with Crippen molar-refractivity contribution in [1.29, 1.82) is 0 Å². The predicted octanol–water partition coefficient (Wildman–Crippen LogP) is 3.71. The average molecular weight is 382 g/mol. The monoisotopic (exact) mass is 381 g/mol. The van der Waals surface area contributed by atoms with E-state index in [1.165, 1.54) is 24.5 Å². The Kier molecular flexibility index (Phi) is 4.69. The normalized spacial score (nSPS) is 11.5. The lowest BCUT2D eigenvalue weighted by molar-refractivity contribution is -0.137. The highest BCUT2D eigenvalue weighted by Gasteiger charge is 2.30. The lowest BCUT2D eigenvalue weighted by atomic mass is 10.2. The van der Waals surface area contributed by atoms with Gasteiger partial charge in [0.1, 0.15) is 6.54 Å². The highest BCUT2D eigenvalue weighted by atomic mass is 35.5. The van der Waals surface area contributed by atoms with Crippen molar-refractivity contribution >= 4 is 34.1 Å². The van der Waals surface area contributed by atoms with E-state index in [1.807, 2.05) is 0 Å². The molecule has 26 heavy (non-hydrogen) atoms. The summed E-state index contributed by atoms with van der Waals surface area (Å²) in [6, 6.07) is 8.83. The Hall–Kier alpha value is -2.87. The number of nitrogens with zero attached hydrogens (tertiary/aromatic N) is 2. The Morgan fingerprint density at radius 2 is 1.96 bits per heavy atom. The minimum absolute atomic E-state index is 0.0188. The number of benzene rings is 2. The van der Waals surface area contributed by atoms with Crippen LogP contribution < -0.4 is 10.9 Å². The van der Waals surface area contributed by atoms with Crippen LogP contribution in [0.25, 0.3) is 10.9 Å². The lowest BCUT2D eigenvalue weighted by Crippen LogP contribution is -2.28. The first-order valence-electron chi connectivity index (χ1n) is 7.36. The van der Waals surface area contributed by atoms with E-state index in [-0.39, 0.29) is 11.1 Å². The van der Waals surface area contributed by atoms with Crippen LogP contribution >= 0.6 is 11.6 Å². The van der Waals surface area contributed by atoms with Crippen molar-refractivity contribution in [3.63, 3.8) is 0 Å². The maximum absolute atomic E-state index is 12.7. The summed E-state index contributed by atoms with van der Waals surface area (Å²) in [7, 11) is 0. The first-order chi connectivity index (χ1) is 12.2. The standard InChI is InChI=1S/C17H11ClF3N3O2/c18-11-4-5-14-13(7-11)16(26)24(9-22-14)8-15(25)23-12-3-1-2-10(6-12)17(19,20)21/h1-7,9H,8H2,(H,23,25). The highest BCUT2D eigenvalue weighted by molar-refractivity contribution is 6.31. The Balaban J connectivity index is 1.82. The van der Waals surface area contributed by atoms with Gasteiger partial charge in [-0.1, -0.05) is 17.7 Å². The molecular weight excluding hydrogens is 371 g/mol. The van der Waals surface area contributed by atoms with Crippen molar-refractivity contribution in [2.45, 2.75) is 12.7 Å². The topological polar surface area (TPSA) is 64.0 Å². The summed E-state index contributed by atoms with van der Waals surface area (Å²) in [5, 5.41) is 2.93. The molecule has 0 atom stereocenters. The first kappa shape index (κ1) is 17.9. The molecule has 0 saturated carbocycles. The number of fused-ring (bicyclic) bond motifs is 1. The van der Waals surface area contributed by atoms with Gasteiger partial charge in [0.2, 0.25) is 5.91 Å². The molecule has 3 aromatic rings. The lowest BCUT2D eigenvalue weighted by Gasteiger charge is -2.11. The third kappa shape index (κ3) is 3.85. The molecule has 0 bridgehead atoms. The second-order valence-corrected chi connectivity index (χ2v) is 5.90. The third-order valence-electron chi connectivity index (χ3n) is 3.57. The molecule has 1 N–H and O–H groups in total. The van der Waals surface area contributed by atoms with E-state index in [1.54, 1.807) is 12.1 Å². The van der Waals surface area contributed by atoms with Crippen LogP contribution in [0.4, 0.5) is 18.9 Å². The van der Waals surface area contributed by atoms with Gasteiger partial charge in [-0.15, -0.1) is 0 Å². The SMILES string of the molecule is O=C(Cn1cnc2ccc(Cl)cc2c1=O)Nc1cccc(C(F)(F)F)c1. The van der Waals surface area contributed by atoms with Crippen LogP contribution in [0.15, 0.2) is 53.6 Å². The second kappa shape index (κ2) is 6.80. The number of hydrogen-bond acceptors (Lipinski definition) is 3. The number of rotatable bonds is 3. The average Bonchev–Trinajstić information content (AvgIpc) is 2.57. The molecule has 1 aromatic heterocycles. The van der Waals surface area contributed by atoms with Gasteiger partial charge in [-0.05, 0) is 36.4 Å². The van der Waals surface area contributed by atoms with E-state index in [4.69, 9.17) is 11.6 Å². The van der Waals surface area contributed by atoms with E-state index in [2.05, 4.69) is 10.3 Å². The van der Waals surface area contributed by atoms with Crippen LogP contribution in [0.1, 0.15) is 5.56 Å². The predicted molar refractivity (Wildman–Crippen MR) is 91.1 cm³/mol. The zero-order valence-electron chi connectivity index (χ0n) is 13.0. The molecule has 0 fully saturated rings. The Morgan fingerprint density at radius 1 is 1.19 bits per heavy atom. The van der Waals surface area contributed by atoms with Gasteiger partial charge in [-0.2, -0.15) is 13.2 Å². The summed E-state index contributed by atoms with van der Waals surface area (Å²) in [6.07, 6.45) is -3.32. The number of hydrogen-bond donors (Lipinski definition) is 1. The van der Waals surface area contributed by atoms with Crippen LogP contribution in [0.2, 0.25) is 5.02 Å². The van der Waals surface area contributed by atoms with Crippen molar-refractivity contribution in [2.75, 3.05) is 5.32 Å². The number of alkyl halides is 3. The molecule has 5 nitrogen and oxygen atoms in total. The van der Waals surface area contributed by atoms with E-state index >= 15 is 0 Å². The van der Waals surface area contributed by atoms with Gasteiger partial charge in [0.15, 0.2) is 0 Å². The molecule has 2 aromatic carbocycles. The summed E-state index contributed by atoms with van der Waals surface area (Å²) in [4.78, 5) is 28.5. The molecule has 3 rings (SSSR count). The van der Waals surface area contributed by atoms with Crippen LogP contribution in [0.5, 0.6) is 0 Å². The third-order valence-corrected chi connectivity index (χ3v) is 3.81. The summed E-state index contributed by atoms with van der Waals surface area (Å²) < 4.78 is 39.2. The van der Waals surface area contributed by atoms with E-state index < -0.39 is 29.8 Å². The van der Waals surface area contributed by atoms with Crippen molar-refractivity contribution in [1.82, 2.24) is 9.55 Å². The quantitative estimate of drug-likeness (QED) is 0.752. The molecule has 134 valence electrons. The summed E-state index contributed by atoms with van der Waals surface area (Å²) in [6.45, 7) is -0.398. The van der Waals surface area contributed by atoms with Gasteiger partial charge in [0.25, 0.3) is 5.56 Å². The van der Waals surface area contributed by atoms with Crippen molar-refractivity contribution < 1.29 is 18.0 Å². The second-order valence-electron chi connectivity index (χ2n) is 5.47. The maximum Gasteiger partial charge on any atom is 0.416 e. The number of carbonyl (C=O) groups is 1. The molecule has 1 amide bonds. The summed E-state index contributed by atoms with van der Waals surface area (Å²) >= 11 is 5.86. The number of amides is 1. The van der Waals surface area contributed by atoms with Gasteiger partial charge in [-0.3, -0.25) is 14.2 Å². The van der Waals surface area contributed by atoms with Crippen molar-refractivity contribution in [2.24, 2.45) is 0 Å². The van der Waals surface area contributed by atoms with Crippen molar-refractivity contribution in [3.8, 4) is 0 Å². The molecule has 0 aliphatic rings. The number of nitrogens with one attached hydrogen (secondary N) is 1. The van der Waals surface area contributed by atoms with E-state index in [0.29, 0.717) is 10.5 Å². The minimum atomic E-state index is -4.51. The molecule has 9 heteroatoms. The van der Waals surface area contributed by atoms with Crippen LogP contribution in [-0.4, -0.2) is 15.5 Å². The first-order valence-corrected chi connectivity index (χ1v) is 7.73. The van der Waals surface area contributed by atoms with Gasteiger partial charge >= 0.3 is 6.18 Å². The zero-order valence-corrected chi connectivity index (χ0v) is 13.8. The Labute approximate surface area is 150 Å². The van der Waals surface area contributed by atoms with E-state index in [9.17, 15) is 22.8 Å². The maximum atomic E-state index is 12.7. The number of aromatic nitrogens is 2. The molecule has 0 spiro atoms. The number of anilines is 1. The molecule has 0 unspecified atom stereocenters. The molecule has 1 heterocycles. The van der Waals surface area contributed by atoms with E-state index in [0.717, 1.165) is 16.7 Å². The fourth-order valence-corrected chi connectivity index (χ4v) is 2.54. The van der Waals surface area contributed by atoms with Crippen LogP contribution in [0, 0.1) is 0 Å². The minimum Gasteiger partial charge on any atom is -0.325 e. The molecule has 0 radical (unpaired) electrons. The Bertz CT molecular complexity index is 1050. The van der Waals surface area contributed by atoms with Crippen LogP contribution in [-0.2, 0) is 17.5 Å².